The molecule has 1 aromatic rings. The van der Waals surface area contributed by atoms with Crippen molar-refractivity contribution in [3.63, 3.8) is 0 Å². The highest BCUT2D eigenvalue weighted by atomic mass is 32.2. The third kappa shape index (κ3) is 32.6. The fraction of sp³-hybridized carbons (Fsp3) is 0.774. The van der Waals surface area contributed by atoms with Crippen molar-refractivity contribution in [2.45, 2.75) is 236 Å². The van der Waals surface area contributed by atoms with Crippen LogP contribution in [0.2, 0.25) is 0 Å². The summed E-state index contributed by atoms with van der Waals surface area (Å²) >= 11 is 1.59. The van der Waals surface area contributed by atoms with Crippen molar-refractivity contribution in [1.82, 2.24) is 52.3 Å². The number of rotatable bonds is 41. The van der Waals surface area contributed by atoms with E-state index in [0.717, 1.165) is 11.4 Å². The van der Waals surface area contributed by atoms with Gasteiger partial charge in [0.2, 0.25) is 53.2 Å². The Bertz CT molecular complexity index is 2470. The third-order valence-corrected chi connectivity index (χ3v) is 15.6. The van der Waals surface area contributed by atoms with E-state index in [9.17, 15) is 68.1 Å². The molecule has 9 amide bonds. The molecule has 0 aliphatic rings. The molecule has 1 heterocycles. The van der Waals surface area contributed by atoms with Crippen molar-refractivity contribution < 1.29 is 73.2 Å². The predicted molar refractivity (Wildman–Crippen MR) is 345 cm³/mol. The van der Waals surface area contributed by atoms with Crippen LogP contribution in [0.15, 0.2) is 6.07 Å². The van der Waals surface area contributed by atoms with Crippen LogP contribution in [-0.4, -0.2) is 174 Å². The zero-order valence-corrected chi connectivity index (χ0v) is 57.4. The molecule has 0 bridgehead atoms. The van der Waals surface area contributed by atoms with E-state index in [1.54, 1.807) is 32.5 Å². The molecule has 27 nitrogen and oxygen atoms in total. The van der Waals surface area contributed by atoms with E-state index in [4.69, 9.17) is 16.6 Å². The first-order valence-corrected chi connectivity index (χ1v) is 32.8. The molecular formula is C62H112N12O15S. The van der Waals surface area contributed by atoms with Crippen molar-refractivity contribution in [2.24, 2.45) is 64.7 Å². The number of aromatic nitrogens is 2. The minimum absolute atomic E-state index is 0.0166. The lowest BCUT2D eigenvalue weighted by molar-refractivity contribution is -0.143. The molecule has 1 rings (SSSR count). The quantitative estimate of drug-likeness (QED) is 0.0446. The summed E-state index contributed by atoms with van der Waals surface area (Å²) < 4.78 is 1.84. The Morgan fingerprint density at radius 2 is 1.04 bits per heavy atom. The number of carbonyl (C=O) groups is 11. The summed E-state index contributed by atoms with van der Waals surface area (Å²) in [5.41, 5.74) is 13.0. The summed E-state index contributed by atoms with van der Waals surface area (Å²) in [6, 6.07) is -5.95. The lowest BCUT2D eigenvalue weighted by Gasteiger charge is -2.30. The van der Waals surface area contributed by atoms with Crippen LogP contribution in [0.1, 0.15) is 167 Å². The minimum atomic E-state index is -1.47. The van der Waals surface area contributed by atoms with Crippen molar-refractivity contribution in [3.8, 4) is 0 Å². The molecular weight excluding hydrogens is 1180 g/mol. The van der Waals surface area contributed by atoms with Crippen molar-refractivity contribution in [1.29, 1.82) is 0 Å². The normalized spacial score (nSPS) is 15.9. The van der Waals surface area contributed by atoms with Gasteiger partial charge in [-0.2, -0.15) is 16.9 Å². The van der Waals surface area contributed by atoms with Crippen LogP contribution in [0.25, 0.3) is 0 Å². The second-order valence-corrected chi connectivity index (χ2v) is 27.1. The highest BCUT2D eigenvalue weighted by molar-refractivity contribution is 7.98. The van der Waals surface area contributed by atoms with Gasteiger partial charge >= 0.3 is 11.9 Å². The number of nitrogens with one attached hydrogen (secondary N) is 8. The van der Waals surface area contributed by atoms with Gasteiger partial charge in [0.25, 0.3) is 0 Å². The van der Waals surface area contributed by atoms with Gasteiger partial charge in [-0.25, -0.2) is 4.79 Å². The molecule has 1 aromatic heterocycles. The average Bonchev–Trinajstić information content (AvgIpc) is 3.05. The first kappa shape index (κ1) is 83.6. The summed E-state index contributed by atoms with van der Waals surface area (Å²) in [5, 5.41) is 66.3. The fourth-order valence-corrected chi connectivity index (χ4v) is 9.84. The number of hydrogen-bond acceptors (Lipinski definition) is 16. The molecule has 0 spiro atoms. The largest absolute Gasteiger partial charge is 0.481 e. The predicted octanol–water partition coefficient (Wildman–Crippen LogP) is 2.03. The number of nitrogens with zero attached hydrogens (tertiary/aromatic N) is 2. The number of carboxylic acids is 2. The lowest BCUT2D eigenvalue weighted by Crippen LogP contribution is -2.57. The maximum Gasteiger partial charge on any atom is 0.326 e. The highest BCUT2D eigenvalue weighted by Crippen LogP contribution is 2.21. The zero-order valence-electron chi connectivity index (χ0n) is 56.6. The van der Waals surface area contributed by atoms with Gasteiger partial charge in [0.15, 0.2) is 0 Å². The topological polar surface area (TPSA) is 435 Å². The van der Waals surface area contributed by atoms with E-state index in [0.29, 0.717) is 31.7 Å². The molecule has 0 saturated carbocycles. The van der Waals surface area contributed by atoms with E-state index in [-0.39, 0.29) is 84.8 Å². The van der Waals surface area contributed by atoms with E-state index in [1.807, 2.05) is 100 Å². The van der Waals surface area contributed by atoms with Gasteiger partial charge in [-0.3, -0.25) is 52.6 Å². The number of thioether (sulfide) groups is 1. The maximum absolute atomic E-state index is 13.7. The van der Waals surface area contributed by atoms with E-state index >= 15 is 0 Å². The van der Waals surface area contributed by atoms with Crippen LogP contribution in [-0.2, 0) is 59.3 Å². The zero-order chi connectivity index (χ0) is 69.6. The van der Waals surface area contributed by atoms with Crippen molar-refractivity contribution in [3.05, 3.63) is 17.5 Å². The van der Waals surface area contributed by atoms with Gasteiger partial charge in [-0.1, -0.05) is 96.9 Å². The molecule has 0 saturated heterocycles. The number of hydrogen-bond donors (Lipinski definition) is 14. The third-order valence-electron chi connectivity index (χ3n) is 15.0. The number of aliphatic hydroxyl groups is 2. The molecule has 0 aliphatic carbocycles. The van der Waals surface area contributed by atoms with Crippen molar-refractivity contribution in [2.75, 3.05) is 18.6 Å². The Kier molecular flexibility index (Phi) is 38.9. The molecule has 28 heteroatoms. The van der Waals surface area contributed by atoms with Crippen LogP contribution in [0.5, 0.6) is 0 Å². The Morgan fingerprint density at radius 1 is 0.556 bits per heavy atom. The standard InChI is InChI=1S/C35H64N6O5S.C27H48N6O10/c1-20(2)15-29(30(42)16-24(9)32(43)39-31(23(7)8)35(46)36-18-21(3)4)38-34(45)28(13-14-47-12)37-33(44)27(22(5)6)19-41-26(11)17-25(10)40-41;1-12(2)9-17(32-25(40)18(11-20(28)35)33-26(41)22(29)13(3)4)19(34)10-14(5)23(38)30-15(6)24(39)31-16(27(42)43)7-8-21(36)37/h17,20-24,27-31,42H,13-16,18-19H2,1-12H3,(H,36,46)(H,37,44)(H,38,45)(H,39,43);12-19,22,34H,7-11,29H2,1-6H3,(H2,28,35)(H,30,38)(H,31,39)(H,32,40)(H,33,41)(H,36,37)(H,42,43)/t24-,27-,28+,29+,30+,31+;14-,15+,16+,17+,18+,19+,22+/m11/s1. The molecule has 516 valence electrons. The first-order valence-electron chi connectivity index (χ1n) is 31.4. The second kappa shape index (κ2) is 41.9. The van der Waals surface area contributed by atoms with E-state index < -0.39 is 133 Å². The van der Waals surface area contributed by atoms with Crippen molar-refractivity contribution >= 4 is 76.9 Å². The highest BCUT2D eigenvalue weighted by Gasteiger charge is 2.36. The monoisotopic (exact) mass is 1300 g/mol. The molecule has 0 aromatic carbocycles. The molecule has 90 heavy (non-hydrogen) atoms. The Morgan fingerprint density at radius 3 is 1.46 bits per heavy atom. The SMILES string of the molecule is CC(C)C[C@H](NC(=O)[C@H](CC(N)=O)NC(=O)[C@@H](N)C(C)C)[C@@H](O)C[C@@H](C)C(=O)N[C@@H](C)C(=O)N[C@@H](CCC(=O)O)C(=O)O.CSCC[C@H](NC(=O)[C@H](Cn1nc(C)cc1C)C(C)C)C(=O)N[C@@H](CC(C)C)[C@@H](O)C[C@@H](C)C(=O)N[C@H](C(=O)NCC(C)C)C(C)C. The van der Waals surface area contributed by atoms with E-state index in [1.165, 1.54) is 13.8 Å². The Balaban J connectivity index is 0.00000177. The van der Waals surface area contributed by atoms with Crippen LogP contribution >= 0.6 is 11.8 Å². The molecule has 0 unspecified atom stereocenters. The summed E-state index contributed by atoms with van der Waals surface area (Å²) in [7, 11) is 0. The Hall–Kier alpha value is -6.39. The van der Waals surface area contributed by atoms with E-state index in [2.05, 4.69) is 47.6 Å². The summed E-state index contributed by atoms with van der Waals surface area (Å²) in [6.07, 6.45) is -0.523. The number of aliphatic carboxylic acids is 2. The van der Waals surface area contributed by atoms with Gasteiger partial charge in [0.05, 0.1) is 54.9 Å². The Labute approximate surface area is 537 Å². The number of nitrogens with two attached hydrogens (primary N) is 2. The number of primary amides is 1. The molecule has 0 radical (unpaired) electrons. The van der Waals surface area contributed by atoms with Gasteiger partial charge < -0.3 is 74.4 Å². The number of aryl methyl sites for hydroxylation is 2. The molecule has 0 aliphatic heterocycles. The number of carbonyl (C=O) groups excluding carboxylic acids is 9. The fourth-order valence-electron chi connectivity index (χ4n) is 9.37. The van der Waals surface area contributed by atoms with Crippen LogP contribution in [0.4, 0.5) is 0 Å². The maximum atomic E-state index is 13.7. The second-order valence-electron chi connectivity index (χ2n) is 26.1. The van der Waals surface area contributed by atoms with Crippen LogP contribution < -0.4 is 54.0 Å². The molecule has 13 atom stereocenters. The van der Waals surface area contributed by atoms with Gasteiger partial charge in [0.1, 0.15) is 30.2 Å². The summed E-state index contributed by atoms with van der Waals surface area (Å²) in [4.78, 5) is 138. The number of carboxylic acid groups (broad SMARTS) is 2. The first-order chi connectivity index (χ1) is 41.6. The number of amides is 9. The smallest absolute Gasteiger partial charge is 0.326 e. The van der Waals surface area contributed by atoms with Gasteiger partial charge in [-0.05, 0) is 113 Å². The van der Waals surface area contributed by atoms with Crippen LogP contribution in [0.3, 0.4) is 0 Å². The van der Waals surface area contributed by atoms with Gasteiger partial charge in [-0.15, -0.1) is 0 Å². The molecule has 16 N–H and O–H groups in total. The lowest BCUT2D eigenvalue weighted by atomic mass is 9.91. The minimum Gasteiger partial charge on any atom is -0.481 e. The van der Waals surface area contributed by atoms with Crippen LogP contribution in [0, 0.1) is 67.1 Å². The van der Waals surface area contributed by atoms with Gasteiger partial charge in [0, 0.05) is 30.5 Å². The number of aliphatic hydroxyl groups excluding tert-OH is 2. The molecule has 0 fully saturated rings. The summed E-state index contributed by atoms with van der Waals surface area (Å²) in [5.74, 6) is -8.68. The summed E-state index contributed by atoms with van der Waals surface area (Å²) in [6.45, 7) is 32.2. The average molecular weight is 1300 g/mol.